The van der Waals surface area contributed by atoms with E-state index in [0.29, 0.717) is 42.5 Å². The van der Waals surface area contributed by atoms with Crippen LogP contribution in [0, 0.1) is 12.8 Å². The number of rotatable bonds is 8. The van der Waals surface area contributed by atoms with Crippen molar-refractivity contribution in [2.45, 2.75) is 40.7 Å². The van der Waals surface area contributed by atoms with E-state index in [4.69, 9.17) is 4.74 Å². The van der Waals surface area contributed by atoms with Crippen LogP contribution in [-0.4, -0.2) is 41.1 Å². The molecule has 28 heavy (non-hydrogen) atoms. The van der Waals surface area contributed by atoms with Crippen molar-refractivity contribution in [3.63, 3.8) is 0 Å². The number of benzene rings is 1. The first-order valence-electron chi connectivity index (χ1n) is 9.58. The Morgan fingerprint density at radius 2 is 2.11 bits per heavy atom. The third kappa shape index (κ3) is 5.84. The van der Waals surface area contributed by atoms with Crippen LogP contribution in [0.1, 0.15) is 43.4 Å². The fourth-order valence-corrected chi connectivity index (χ4v) is 3.04. The van der Waals surface area contributed by atoms with Gasteiger partial charge < -0.3 is 19.9 Å². The van der Waals surface area contributed by atoms with Crippen molar-refractivity contribution in [3.8, 4) is 5.75 Å². The fraction of sp³-hybridized carbons (Fsp3) is 0.476. The van der Waals surface area contributed by atoms with Crippen molar-refractivity contribution < 1.29 is 9.53 Å². The van der Waals surface area contributed by atoms with Crippen molar-refractivity contribution in [2.24, 2.45) is 5.92 Å². The number of carbonyl (C=O) groups excluding carboxylic acids is 1. The molecule has 0 saturated carbocycles. The van der Waals surface area contributed by atoms with E-state index < -0.39 is 0 Å². The average Bonchev–Trinajstić information content (AvgIpc) is 2.64. The lowest BCUT2D eigenvalue weighted by Crippen LogP contribution is -2.42. The molecule has 1 heterocycles. The van der Waals surface area contributed by atoms with Gasteiger partial charge in [0.1, 0.15) is 11.6 Å². The van der Waals surface area contributed by atoms with E-state index in [-0.39, 0.29) is 18.1 Å². The second-order valence-electron chi connectivity index (χ2n) is 7.21. The topological polar surface area (TPSA) is 87.3 Å². The van der Waals surface area contributed by atoms with Gasteiger partial charge in [-0.05, 0) is 37.5 Å². The standard InChI is InChI=1S/C21H30N4O3/c1-6-22-21(27)25(12-14(2)3)13-19-23-15(4)18(20(26)24-19)11-16-8-7-9-17(10-16)28-5/h7-10,14H,6,11-13H2,1-5H3,(H,22,27)(H,23,24,26). The number of ether oxygens (including phenoxy) is 1. The van der Waals surface area contributed by atoms with Crippen LogP contribution in [0.25, 0.3) is 0 Å². The Balaban J connectivity index is 2.23. The van der Waals surface area contributed by atoms with Crippen LogP contribution < -0.4 is 15.6 Å². The number of H-pyrrole nitrogens is 1. The molecule has 0 aliphatic rings. The molecule has 0 fully saturated rings. The number of aromatic nitrogens is 2. The van der Waals surface area contributed by atoms with Gasteiger partial charge in [-0.2, -0.15) is 0 Å². The zero-order chi connectivity index (χ0) is 20.7. The van der Waals surface area contributed by atoms with E-state index in [1.165, 1.54) is 0 Å². The van der Waals surface area contributed by atoms with Crippen LogP contribution in [0.5, 0.6) is 5.75 Å². The van der Waals surface area contributed by atoms with Crippen LogP contribution >= 0.6 is 0 Å². The van der Waals surface area contributed by atoms with Crippen molar-refractivity contribution in [3.05, 3.63) is 57.3 Å². The Kier molecular flexibility index (Phi) is 7.61. The van der Waals surface area contributed by atoms with Crippen molar-refractivity contribution >= 4 is 6.03 Å². The van der Waals surface area contributed by atoms with E-state index in [2.05, 4.69) is 15.3 Å². The van der Waals surface area contributed by atoms with Crippen LogP contribution in [0.4, 0.5) is 4.79 Å². The molecule has 0 aliphatic heterocycles. The summed E-state index contributed by atoms with van der Waals surface area (Å²) in [7, 11) is 1.62. The smallest absolute Gasteiger partial charge is 0.317 e. The number of urea groups is 1. The third-order valence-electron chi connectivity index (χ3n) is 4.33. The normalized spacial score (nSPS) is 10.8. The molecular weight excluding hydrogens is 356 g/mol. The van der Waals surface area contributed by atoms with E-state index in [1.54, 1.807) is 12.0 Å². The van der Waals surface area contributed by atoms with E-state index in [9.17, 15) is 9.59 Å². The molecule has 0 saturated heterocycles. The number of hydrogen-bond acceptors (Lipinski definition) is 4. The molecule has 2 aromatic rings. The predicted molar refractivity (Wildman–Crippen MR) is 110 cm³/mol. The molecule has 2 N–H and O–H groups in total. The minimum atomic E-state index is -0.175. The highest BCUT2D eigenvalue weighted by molar-refractivity contribution is 5.74. The maximum absolute atomic E-state index is 12.7. The number of hydrogen-bond donors (Lipinski definition) is 2. The van der Waals surface area contributed by atoms with E-state index >= 15 is 0 Å². The van der Waals surface area contributed by atoms with Gasteiger partial charge in [0.25, 0.3) is 5.56 Å². The van der Waals surface area contributed by atoms with E-state index in [1.807, 2.05) is 52.0 Å². The molecule has 0 aliphatic carbocycles. The Bertz CT molecular complexity index is 861. The number of carbonyl (C=O) groups is 1. The molecule has 7 nitrogen and oxygen atoms in total. The van der Waals surface area contributed by atoms with Gasteiger partial charge in [0.05, 0.1) is 13.7 Å². The first-order chi connectivity index (χ1) is 13.3. The number of nitrogens with zero attached hydrogens (tertiary/aromatic N) is 2. The highest BCUT2D eigenvalue weighted by atomic mass is 16.5. The zero-order valence-corrected chi connectivity index (χ0v) is 17.3. The molecule has 7 heteroatoms. The summed E-state index contributed by atoms with van der Waals surface area (Å²) in [6.45, 7) is 9.20. The highest BCUT2D eigenvalue weighted by Crippen LogP contribution is 2.16. The Morgan fingerprint density at radius 1 is 1.36 bits per heavy atom. The van der Waals surface area contributed by atoms with Crippen LogP contribution in [-0.2, 0) is 13.0 Å². The highest BCUT2D eigenvalue weighted by Gasteiger charge is 2.17. The molecule has 0 bridgehead atoms. The summed E-state index contributed by atoms with van der Waals surface area (Å²) in [5.41, 5.74) is 2.09. The quantitative estimate of drug-likeness (QED) is 0.730. The van der Waals surface area contributed by atoms with Gasteiger partial charge in [-0.25, -0.2) is 9.78 Å². The van der Waals surface area contributed by atoms with Crippen molar-refractivity contribution in [2.75, 3.05) is 20.2 Å². The number of aromatic amines is 1. The largest absolute Gasteiger partial charge is 0.497 e. The molecule has 2 amide bonds. The Hall–Kier alpha value is -2.83. The first-order valence-corrected chi connectivity index (χ1v) is 9.58. The second-order valence-corrected chi connectivity index (χ2v) is 7.21. The monoisotopic (exact) mass is 386 g/mol. The summed E-state index contributed by atoms with van der Waals surface area (Å²) < 4.78 is 5.24. The Morgan fingerprint density at radius 3 is 2.71 bits per heavy atom. The maximum atomic E-state index is 12.7. The van der Waals surface area contributed by atoms with E-state index in [0.717, 1.165) is 11.3 Å². The molecular formula is C21H30N4O3. The van der Waals surface area contributed by atoms with Gasteiger partial charge in [0, 0.05) is 30.8 Å². The number of amides is 2. The van der Waals surface area contributed by atoms with Crippen LogP contribution in [0.3, 0.4) is 0 Å². The number of aryl methyl sites for hydroxylation is 1. The molecule has 152 valence electrons. The van der Waals surface area contributed by atoms with Gasteiger partial charge in [-0.1, -0.05) is 26.0 Å². The van der Waals surface area contributed by atoms with Gasteiger partial charge in [0.2, 0.25) is 0 Å². The second kappa shape index (κ2) is 9.92. The summed E-state index contributed by atoms with van der Waals surface area (Å²) in [5, 5.41) is 2.81. The SMILES string of the molecule is CCNC(=O)N(Cc1nc(C)c(Cc2cccc(OC)c2)c(=O)[nH]1)CC(C)C. The summed E-state index contributed by atoms with van der Waals surface area (Å²) in [6.07, 6.45) is 0.470. The maximum Gasteiger partial charge on any atom is 0.317 e. The van der Waals surface area contributed by atoms with Gasteiger partial charge in [-0.15, -0.1) is 0 Å². The van der Waals surface area contributed by atoms with Gasteiger partial charge in [0.15, 0.2) is 0 Å². The number of methoxy groups -OCH3 is 1. The lowest BCUT2D eigenvalue weighted by atomic mass is 10.0. The van der Waals surface area contributed by atoms with Gasteiger partial charge in [-0.3, -0.25) is 4.79 Å². The van der Waals surface area contributed by atoms with Crippen LogP contribution in [0.2, 0.25) is 0 Å². The molecule has 1 aromatic carbocycles. The zero-order valence-electron chi connectivity index (χ0n) is 17.3. The summed E-state index contributed by atoms with van der Waals surface area (Å²) in [5.74, 6) is 1.55. The molecule has 0 atom stereocenters. The first kappa shape index (κ1) is 21.5. The molecule has 2 rings (SSSR count). The lowest BCUT2D eigenvalue weighted by Gasteiger charge is -2.24. The summed E-state index contributed by atoms with van der Waals surface area (Å²) in [4.78, 5) is 34.1. The van der Waals surface area contributed by atoms with Crippen LogP contribution in [0.15, 0.2) is 29.1 Å². The third-order valence-corrected chi connectivity index (χ3v) is 4.33. The molecule has 1 aromatic heterocycles. The molecule has 0 unspecified atom stereocenters. The summed E-state index contributed by atoms with van der Waals surface area (Å²) >= 11 is 0. The summed E-state index contributed by atoms with van der Waals surface area (Å²) in [6, 6.07) is 7.47. The fourth-order valence-electron chi connectivity index (χ4n) is 3.04. The minimum Gasteiger partial charge on any atom is -0.497 e. The van der Waals surface area contributed by atoms with Crippen molar-refractivity contribution in [1.29, 1.82) is 0 Å². The number of nitrogens with one attached hydrogen (secondary N) is 2. The molecule has 0 spiro atoms. The average molecular weight is 386 g/mol. The minimum absolute atomic E-state index is 0.156. The molecule has 0 radical (unpaired) electrons. The van der Waals surface area contributed by atoms with Crippen molar-refractivity contribution in [1.82, 2.24) is 20.2 Å². The Labute approximate surface area is 166 Å². The predicted octanol–water partition coefficient (Wildman–Crippen LogP) is 2.87. The van der Waals surface area contributed by atoms with Gasteiger partial charge >= 0.3 is 6.03 Å². The lowest BCUT2D eigenvalue weighted by molar-refractivity contribution is 0.186.